The minimum Gasteiger partial charge on any atom is -0.205 e. The minimum atomic E-state index is 0.393. The molecule has 1 aromatic carbocycles. The van der Waals surface area contributed by atoms with E-state index in [0.29, 0.717) is 17.6 Å². The maximum absolute atomic E-state index is 8.07. The molecule has 0 aliphatic rings. The van der Waals surface area contributed by atoms with Gasteiger partial charge >= 0.3 is 0 Å². The number of hydrogen-bond acceptors (Lipinski definition) is 0. The lowest BCUT2D eigenvalue weighted by Crippen LogP contribution is -2.30. The zero-order chi connectivity index (χ0) is 11.7. The molecular weight excluding hydrogens is 170 g/mol. The molecule has 1 heteroatoms. The highest BCUT2D eigenvalue weighted by atomic mass is 14.9. The van der Waals surface area contributed by atoms with Crippen molar-refractivity contribution in [3.05, 3.63) is 54.3 Å². The van der Waals surface area contributed by atoms with Gasteiger partial charge in [0, 0.05) is 19.0 Å². The van der Waals surface area contributed by atoms with Gasteiger partial charge in [-0.25, -0.2) is 4.57 Å². The Morgan fingerprint density at radius 2 is 1.86 bits per heavy atom. The van der Waals surface area contributed by atoms with Crippen molar-refractivity contribution in [2.45, 2.75) is 6.92 Å². The Morgan fingerprint density at radius 1 is 1.14 bits per heavy atom. The number of benzene rings is 1. The summed E-state index contributed by atoms with van der Waals surface area (Å²) in [6.07, 6.45) is 1.75. The second-order valence-electron chi connectivity index (χ2n) is 3.34. The van der Waals surface area contributed by atoms with Crippen LogP contribution in [0.5, 0.6) is 0 Å². The van der Waals surface area contributed by atoms with Crippen molar-refractivity contribution >= 4 is 0 Å². The summed E-state index contributed by atoms with van der Waals surface area (Å²) in [7, 11) is 1.86. The van der Waals surface area contributed by atoms with Crippen LogP contribution in [0.4, 0.5) is 0 Å². The Bertz CT molecular complexity index is 521. The number of rotatable bonds is 1. The van der Waals surface area contributed by atoms with E-state index in [-0.39, 0.29) is 0 Å². The van der Waals surface area contributed by atoms with Gasteiger partial charge in [0.15, 0.2) is 11.9 Å². The zero-order valence-electron chi connectivity index (χ0n) is 10.4. The summed E-state index contributed by atoms with van der Waals surface area (Å²) in [6, 6.07) is 10.5. The normalized spacial score (nSPS) is 12.1. The zero-order valence-corrected chi connectivity index (χ0v) is 8.41. The molecule has 0 fully saturated rings. The van der Waals surface area contributed by atoms with Crippen LogP contribution in [0.1, 0.15) is 8.44 Å². The van der Waals surface area contributed by atoms with E-state index in [2.05, 4.69) is 0 Å². The number of pyridine rings is 1. The Kier molecular flexibility index (Phi) is 1.75. The monoisotopic (exact) mass is 186 g/mol. The van der Waals surface area contributed by atoms with Gasteiger partial charge in [-0.1, -0.05) is 30.3 Å². The summed E-state index contributed by atoms with van der Waals surface area (Å²) in [5.41, 5.74) is 2.51. The van der Waals surface area contributed by atoms with Crippen LogP contribution in [0.2, 0.25) is 0 Å². The highest BCUT2D eigenvalue weighted by Crippen LogP contribution is 2.17. The lowest BCUT2D eigenvalue weighted by Gasteiger charge is -2.00. The first kappa shape index (κ1) is 6.77. The first-order valence-electron chi connectivity index (χ1n) is 5.63. The van der Waals surface area contributed by atoms with E-state index >= 15 is 0 Å². The van der Waals surface area contributed by atoms with Gasteiger partial charge < -0.3 is 0 Å². The molecular formula is C13H14N+. The van der Waals surface area contributed by atoms with Gasteiger partial charge in [0.05, 0.1) is 2.74 Å². The maximum atomic E-state index is 8.07. The van der Waals surface area contributed by atoms with Crippen LogP contribution in [0.3, 0.4) is 0 Å². The van der Waals surface area contributed by atoms with Crippen LogP contribution in [0, 0.1) is 6.92 Å². The molecule has 0 amide bonds. The molecule has 0 spiro atoms. The Hall–Kier alpha value is -1.63. The van der Waals surface area contributed by atoms with Crippen molar-refractivity contribution in [3.8, 4) is 11.1 Å². The third-order valence-corrected chi connectivity index (χ3v) is 2.30. The minimum absolute atomic E-state index is 0.393. The molecule has 0 aliphatic heterocycles. The van der Waals surface area contributed by atoms with Gasteiger partial charge in [0.2, 0.25) is 0 Å². The molecule has 2 rings (SSSR count). The molecule has 70 valence electrons. The largest absolute Gasteiger partial charge is 0.205 e. The summed E-state index contributed by atoms with van der Waals surface area (Å²) >= 11 is 0. The van der Waals surface area contributed by atoms with Crippen molar-refractivity contribution in [1.29, 1.82) is 0 Å². The fourth-order valence-corrected chi connectivity index (χ4v) is 1.32. The molecule has 0 aliphatic carbocycles. The van der Waals surface area contributed by atoms with Crippen molar-refractivity contribution in [1.82, 2.24) is 0 Å². The second kappa shape index (κ2) is 3.62. The highest BCUT2D eigenvalue weighted by molar-refractivity contribution is 5.62. The van der Waals surface area contributed by atoms with Gasteiger partial charge in [-0.05, 0) is 11.1 Å². The van der Waals surface area contributed by atoms with Crippen LogP contribution in [0.25, 0.3) is 11.1 Å². The van der Waals surface area contributed by atoms with Gasteiger partial charge in [-0.15, -0.1) is 0 Å². The first-order chi connectivity index (χ1) is 7.61. The van der Waals surface area contributed by atoms with E-state index in [1.165, 1.54) is 0 Å². The smallest absolute Gasteiger partial charge is 0.178 e. The second-order valence-corrected chi connectivity index (χ2v) is 3.34. The number of nitrogens with zero attached hydrogens (tertiary/aromatic N) is 1. The number of aryl methyl sites for hydroxylation is 1. The summed E-state index contributed by atoms with van der Waals surface area (Å²) in [5, 5.41) is 0. The van der Waals surface area contributed by atoms with E-state index in [4.69, 9.17) is 2.74 Å². The molecule has 0 atom stereocenters. The van der Waals surface area contributed by atoms with E-state index in [0.717, 1.165) is 11.3 Å². The standard InChI is InChI=1S/C13H14N/c1-11-10-13(8-9-14(11)2)12-6-4-3-5-7-12/h3-10H,1-2H3/q+1/i8D,10D. The number of aromatic nitrogens is 1. The summed E-state index contributed by atoms with van der Waals surface area (Å²) in [6.45, 7) is 1.90. The maximum Gasteiger partial charge on any atom is 0.178 e. The van der Waals surface area contributed by atoms with Gasteiger partial charge in [-0.3, -0.25) is 0 Å². The van der Waals surface area contributed by atoms with Crippen LogP contribution in [0.15, 0.2) is 48.6 Å². The molecule has 0 unspecified atom stereocenters. The average molecular weight is 186 g/mol. The van der Waals surface area contributed by atoms with E-state index < -0.39 is 0 Å². The lowest BCUT2D eigenvalue weighted by atomic mass is 10.1. The predicted molar refractivity (Wildman–Crippen MR) is 57.8 cm³/mol. The molecule has 0 bridgehead atoms. The Labute approximate surface area is 87.5 Å². The molecule has 2 aromatic rings. The molecule has 1 nitrogen and oxygen atoms in total. The van der Waals surface area contributed by atoms with E-state index in [1.807, 2.05) is 48.9 Å². The quantitative estimate of drug-likeness (QED) is 0.602. The Balaban J connectivity index is 2.71. The van der Waals surface area contributed by atoms with Crippen LogP contribution >= 0.6 is 0 Å². The molecule has 0 saturated heterocycles. The SMILES string of the molecule is [2H]c1c[n+](C)c(C)c([2H])c1-c1ccccc1. The van der Waals surface area contributed by atoms with Crippen molar-refractivity contribution in [3.63, 3.8) is 0 Å². The van der Waals surface area contributed by atoms with Crippen LogP contribution in [-0.4, -0.2) is 0 Å². The molecule has 0 radical (unpaired) electrons. The third-order valence-electron chi connectivity index (χ3n) is 2.30. The molecule has 1 aromatic heterocycles. The summed E-state index contributed by atoms with van der Waals surface area (Å²) in [4.78, 5) is 0. The predicted octanol–water partition coefficient (Wildman–Crippen LogP) is 2.49. The lowest BCUT2D eigenvalue weighted by molar-refractivity contribution is -0.677. The fourth-order valence-electron chi connectivity index (χ4n) is 1.32. The highest BCUT2D eigenvalue weighted by Gasteiger charge is 2.02. The van der Waals surface area contributed by atoms with Crippen molar-refractivity contribution in [2.24, 2.45) is 7.05 Å². The van der Waals surface area contributed by atoms with Gasteiger partial charge in [0.1, 0.15) is 7.05 Å². The van der Waals surface area contributed by atoms with E-state index in [1.54, 1.807) is 6.20 Å². The third kappa shape index (κ3) is 1.67. The topological polar surface area (TPSA) is 3.88 Å². The molecule has 0 saturated carbocycles. The van der Waals surface area contributed by atoms with Gasteiger partial charge in [0.25, 0.3) is 0 Å². The summed E-state index contributed by atoms with van der Waals surface area (Å²) in [5.74, 6) is 0. The van der Waals surface area contributed by atoms with Crippen molar-refractivity contribution in [2.75, 3.05) is 0 Å². The van der Waals surface area contributed by atoms with E-state index in [9.17, 15) is 0 Å². The first-order valence-corrected chi connectivity index (χ1v) is 4.63. The fraction of sp³-hybridized carbons (Fsp3) is 0.154. The molecule has 1 heterocycles. The Morgan fingerprint density at radius 3 is 2.57 bits per heavy atom. The van der Waals surface area contributed by atoms with Crippen molar-refractivity contribution < 1.29 is 7.31 Å². The van der Waals surface area contributed by atoms with Gasteiger partial charge in [-0.2, -0.15) is 0 Å². The van der Waals surface area contributed by atoms with Crippen LogP contribution in [-0.2, 0) is 7.05 Å². The molecule has 0 N–H and O–H groups in total. The van der Waals surface area contributed by atoms with Crippen LogP contribution < -0.4 is 4.57 Å². The number of hydrogen-bond donors (Lipinski definition) is 0. The summed E-state index contributed by atoms with van der Waals surface area (Å²) < 4.78 is 17.8. The molecule has 14 heavy (non-hydrogen) atoms. The average Bonchev–Trinajstić information content (AvgIpc) is 2.28.